The third-order valence-corrected chi connectivity index (χ3v) is 4.44. The summed E-state index contributed by atoms with van der Waals surface area (Å²) >= 11 is 0. The van der Waals surface area contributed by atoms with Crippen molar-refractivity contribution in [1.29, 1.82) is 0 Å². The third kappa shape index (κ3) is 3.30. The van der Waals surface area contributed by atoms with Gasteiger partial charge in [-0.2, -0.15) is 5.10 Å². The van der Waals surface area contributed by atoms with Gasteiger partial charge in [0.2, 0.25) is 5.96 Å². The predicted octanol–water partition coefficient (Wildman–Crippen LogP) is 2.90. The van der Waals surface area contributed by atoms with Gasteiger partial charge in [0.25, 0.3) is 5.91 Å². The van der Waals surface area contributed by atoms with Crippen molar-refractivity contribution in [1.82, 2.24) is 9.97 Å². The van der Waals surface area contributed by atoms with E-state index in [0.29, 0.717) is 11.4 Å². The molecule has 1 amide bonds. The zero-order chi connectivity index (χ0) is 19.7. The number of guanidine groups is 1. The second-order valence-corrected chi connectivity index (χ2v) is 6.39. The molecule has 7 N–H and O–H groups in total. The van der Waals surface area contributed by atoms with E-state index >= 15 is 0 Å². The number of nitrogens with zero attached hydrogens (tertiary/aromatic N) is 2. The van der Waals surface area contributed by atoms with Crippen LogP contribution in [0.1, 0.15) is 23.0 Å². The first-order valence-electron chi connectivity index (χ1n) is 8.65. The Morgan fingerprint density at radius 2 is 1.89 bits per heavy atom. The molecule has 28 heavy (non-hydrogen) atoms. The highest BCUT2D eigenvalue weighted by Gasteiger charge is 2.12. The Morgan fingerprint density at radius 3 is 2.71 bits per heavy atom. The number of hydrogen-bond donors (Lipinski definition) is 5. The van der Waals surface area contributed by atoms with Gasteiger partial charge in [-0.25, -0.2) is 0 Å². The van der Waals surface area contributed by atoms with E-state index in [1.165, 1.54) is 0 Å². The van der Waals surface area contributed by atoms with Crippen molar-refractivity contribution in [3.63, 3.8) is 0 Å². The summed E-state index contributed by atoms with van der Waals surface area (Å²) in [6.45, 7) is 1.81. The van der Waals surface area contributed by atoms with Gasteiger partial charge in [0, 0.05) is 28.0 Å². The number of amides is 1. The van der Waals surface area contributed by atoms with E-state index in [2.05, 4.69) is 25.5 Å². The Balaban J connectivity index is 1.62. The summed E-state index contributed by atoms with van der Waals surface area (Å²) < 4.78 is 0. The number of aromatic nitrogens is 2. The fraction of sp³-hybridized carbons (Fsp3) is 0.0500. The zero-order valence-electron chi connectivity index (χ0n) is 15.2. The number of benzene rings is 2. The van der Waals surface area contributed by atoms with Crippen LogP contribution in [0.25, 0.3) is 21.8 Å². The Bertz CT molecular complexity index is 1240. The lowest BCUT2D eigenvalue weighted by Crippen LogP contribution is -2.22. The van der Waals surface area contributed by atoms with Gasteiger partial charge in [-0.05, 0) is 48.9 Å². The number of anilines is 1. The van der Waals surface area contributed by atoms with Crippen molar-refractivity contribution < 1.29 is 4.79 Å². The highest BCUT2D eigenvalue weighted by molar-refractivity contribution is 6.10. The average molecular weight is 373 g/mol. The van der Waals surface area contributed by atoms with Crippen LogP contribution < -0.4 is 16.8 Å². The molecular formula is C20H19N7O. The zero-order valence-corrected chi connectivity index (χ0v) is 15.2. The SMILES string of the molecule is CC(=NN=C(N)N)c1ccc2[nH]c(C(=O)Nc3cccc4[nH]ccc34)cc2c1. The van der Waals surface area contributed by atoms with E-state index in [-0.39, 0.29) is 11.9 Å². The summed E-state index contributed by atoms with van der Waals surface area (Å²) in [5, 5.41) is 12.5. The molecule has 8 heteroatoms. The Labute approximate surface area is 160 Å². The molecular weight excluding hydrogens is 354 g/mol. The molecule has 0 atom stereocenters. The van der Waals surface area contributed by atoms with Crippen molar-refractivity contribution in [2.75, 3.05) is 5.32 Å². The first-order chi connectivity index (χ1) is 13.5. The average Bonchev–Trinajstić information content (AvgIpc) is 3.32. The molecule has 2 aromatic heterocycles. The van der Waals surface area contributed by atoms with Crippen LogP contribution in [0, 0.1) is 0 Å². The molecule has 4 aromatic rings. The molecule has 0 spiro atoms. The maximum atomic E-state index is 12.7. The molecule has 0 aliphatic heterocycles. The second-order valence-electron chi connectivity index (χ2n) is 6.39. The van der Waals surface area contributed by atoms with Crippen molar-refractivity contribution in [2.45, 2.75) is 6.92 Å². The van der Waals surface area contributed by atoms with Crippen LogP contribution in [0.5, 0.6) is 0 Å². The summed E-state index contributed by atoms with van der Waals surface area (Å²) in [4.78, 5) is 19.0. The highest BCUT2D eigenvalue weighted by atomic mass is 16.1. The number of fused-ring (bicyclic) bond motifs is 2. The fourth-order valence-corrected chi connectivity index (χ4v) is 3.05. The van der Waals surface area contributed by atoms with Gasteiger partial charge in [-0.15, -0.1) is 5.10 Å². The number of aromatic amines is 2. The molecule has 0 fully saturated rings. The largest absolute Gasteiger partial charge is 0.369 e. The molecule has 0 aliphatic carbocycles. The molecule has 140 valence electrons. The number of carbonyl (C=O) groups is 1. The van der Waals surface area contributed by atoms with Crippen LogP contribution in [-0.4, -0.2) is 27.5 Å². The molecule has 0 unspecified atom stereocenters. The van der Waals surface area contributed by atoms with Gasteiger partial charge in [-0.3, -0.25) is 4.79 Å². The monoisotopic (exact) mass is 373 g/mol. The van der Waals surface area contributed by atoms with Gasteiger partial charge >= 0.3 is 0 Å². The van der Waals surface area contributed by atoms with Crippen LogP contribution in [-0.2, 0) is 0 Å². The van der Waals surface area contributed by atoms with Crippen molar-refractivity contribution >= 4 is 45.1 Å². The van der Waals surface area contributed by atoms with Crippen LogP contribution >= 0.6 is 0 Å². The van der Waals surface area contributed by atoms with E-state index in [4.69, 9.17) is 11.5 Å². The molecule has 0 aliphatic rings. The first-order valence-corrected chi connectivity index (χ1v) is 8.65. The summed E-state index contributed by atoms with van der Waals surface area (Å²) in [5.41, 5.74) is 15.2. The number of rotatable bonds is 4. The van der Waals surface area contributed by atoms with E-state index in [0.717, 1.165) is 33.1 Å². The summed E-state index contributed by atoms with van der Waals surface area (Å²) in [5.74, 6) is -0.309. The Morgan fingerprint density at radius 1 is 1.04 bits per heavy atom. The molecule has 2 aromatic carbocycles. The molecule has 0 saturated carbocycles. The van der Waals surface area contributed by atoms with E-state index in [1.54, 1.807) is 6.07 Å². The lowest BCUT2D eigenvalue weighted by molar-refractivity contribution is 0.102. The second kappa shape index (κ2) is 6.92. The molecule has 4 rings (SSSR count). The highest BCUT2D eigenvalue weighted by Crippen LogP contribution is 2.24. The van der Waals surface area contributed by atoms with Crippen molar-refractivity contribution in [3.05, 3.63) is 66.0 Å². The summed E-state index contributed by atoms with van der Waals surface area (Å²) in [6.07, 6.45) is 1.84. The number of hydrogen-bond acceptors (Lipinski definition) is 3. The quantitative estimate of drug-likeness (QED) is 0.214. The van der Waals surface area contributed by atoms with Gasteiger partial charge in [0.15, 0.2) is 0 Å². The molecule has 2 heterocycles. The molecule has 0 saturated heterocycles. The maximum absolute atomic E-state index is 12.7. The van der Waals surface area contributed by atoms with E-state index < -0.39 is 0 Å². The Hall–Kier alpha value is -4.07. The third-order valence-electron chi connectivity index (χ3n) is 4.44. The number of H-pyrrole nitrogens is 2. The number of nitrogens with one attached hydrogen (secondary N) is 3. The van der Waals surface area contributed by atoms with Crippen molar-refractivity contribution in [2.24, 2.45) is 21.7 Å². The smallest absolute Gasteiger partial charge is 0.272 e. The van der Waals surface area contributed by atoms with Crippen LogP contribution in [0.2, 0.25) is 0 Å². The molecule has 8 nitrogen and oxygen atoms in total. The van der Waals surface area contributed by atoms with Crippen LogP contribution in [0.3, 0.4) is 0 Å². The minimum Gasteiger partial charge on any atom is -0.369 e. The van der Waals surface area contributed by atoms with E-state index in [9.17, 15) is 4.79 Å². The van der Waals surface area contributed by atoms with Crippen molar-refractivity contribution in [3.8, 4) is 0 Å². The normalized spacial score (nSPS) is 11.7. The minimum absolute atomic E-state index is 0.0986. The first kappa shape index (κ1) is 17.3. The lowest BCUT2D eigenvalue weighted by atomic mass is 10.1. The van der Waals surface area contributed by atoms with Crippen LogP contribution in [0.15, 0.2) is 64.9 Å². The number of carbonyl (C=O) groups excluding carboxylic acids is 1. The predicted molar refractivity (Wildman–Crippen MR) is 113 cm³/mol. The summed E-state index contributed by atoms with van der Waals surface area (Å²) in [6, 6.07) is 15.2. The van der Waals surface area contributed by atoms with Gasteiger partial charge in [0.1, 0.15) is 5.69 Å². The maximum Gasteiger partial charge on any atom is 0.272 e. The van der Waals surface area contributed by atoms with Gasteiger partial charge < -0.3 is 26.8 Å². The summed E-state index contributed by atoms with van der Waals surface area (Å²) in [7, 11) is 0. The molecule has 0 bridgehead atoms. The molecule has 0 radical (unpaired) electrons. The van der Waals surface area contributed by atoms with Crippen LogP contribution in [0.4, 0.5) is 5.69 Å². The number of nitrogens with two attached hydrogens (primary N) is 2. The lowest BCUT2D eigenvalue weighted by Gasteiger charge is -2.05. The topological polar surface area (TPSA) is 137 Å². The van der Waals surface area contributed by atoms with Gasteiger partial charge in [0.05, 0.1) is 11.4 Å². The van der Waals surface area contributed by atoms with E-state index in [1.807, 2.05) is 55.6 Å². The van der Waals surface area contributed by atoms with Gasteiger partial charge in [-0.1, -0.05) is 12.1 Å². The Kier molecular flexibility index (Phi) is 4.29. The fourth-order valence-electron chi connectivity index (χ4n) is 3.05. The minimum atomic E-state index is -0.211. The standard InChI is InChI=1S/C20H19N7O/c1-11(26-27-20(21)22)12-5-6-15-13(9-12)10-18(24-15)19(28)25-17-4-2-3-16-14(17)7-8-23-16/h2-10,23-24H,1H3,(H,25,28)(H4,21,22,27).